The van der Waals surface area contributed by atoms with E-state index < -0.39 is 15.9 Å². The highest BCUT2D eigenvalue weighted by molar-refractivity contribution is 7.85. The first-order chi connectivity index (χ1) is 16.1. The Morgan fingerprint density at radius 1 is 1.09 bits per heavy atom. The molecule has 0 aliphatic rings. The second kappa shape index (κ2) is 10.5. The fraction of sp³-hybridized carbons (Fsp3) is 0.261. The molecular formula is C23H28ClN7O3S. The Morgan fingerprint density at radius 3 is 2.46 bits per heavy atom. The first-order valence-corrected chi connectivity index (χ1v) is 12.3. The van der Waals surface area contributed by atoms with Crippen molar-refractivity contribution in [3.63, 3.8) is 0 Å². The highest BCUT2D eigenvalue weighted by Crippen LogP contribution is 2.28. The second-order valence-electron chi connectivity index (χ2n) is 8.31. The lowest BCUT2D eigenvalue weighted by Crippen LogP contribution is -2.13. The van der Waals surface area contributed by atoms with Gasteiger partial charge >= 0.3 is 0 Å². The Labute approximate surface area is 210 Å². The summed E-state index contributed by atoms with van der Waals surface area (Å²) in [6, 6.07) is 14.8. The van der Waals surface area contributed by atoms with Crippen molar-refractivity contribution >= 4 is 62.6 Å². The molecule has 186 valence electrons. The van der Waals surface area contributed by atoms with Gasteiger partial charge < -0.3 is 20.1 Å². The van der Waals surface area contributed by atoms with E-state index in [1.54, 1.807) is 30.5 Å². The molecular weight excluding hydrogens is 490 g/mol. The number of hydrogen-bond acceptors (Lipinski definition) is 8. The van der Waals surface area contributed by atoms with E-state index in [0.29, 0.717) is 23.0 Å². The van der Waals surface area contributed by atoms with Crippen LogP contribution in [0.2, 0.25) is 0 Å². The van der Waals surface area contributed by atoms with Crippen LogP contribution >= 0.6 is 12.4 Å². The summed E-state index contributed by atoms with van der Waals surface area (Å²) in [6.45, 7) is 4.15. The standard InChI is InChI=1S/C23H27N7O3S.ClH/c1-15(2)25-23-27-19-13-18(9-10-20(19)30(23)4)29(3)21-11-12-24-22(28-21)26-17-7-5-16(6-8-17)14-34(31,32)33;/h5-13,15H,14H2,1-4H3,(H,25,27)(H,24,26,28)(H,31,32,33);1H. The number of rotatable bonds is 8. The maximum absolute atomic E-state index is 11.0. The molecule has 0 aliphatic heterocycles. The number of aromatic nitrogens is 4. The van der Waals surface area contributed by atoms with E-state index in [-0.39, 0.29) is 18.4 Å². The highest BCUT2D eigenvalue weighted by atomic mass is 35.5. The quantitative estimate of drug-likeness (QED) is 0.289. The van der Waals surface area contributed by atoms with Crippen LogP contribution in [0.4, 0.5) is 29.1 Å². The number of fused-ring (bicyclic) bond motifs is 1. The van der Waals surface area contributed by atoms with Crippen molar-refractivity contribution in [2.45, 2.75) is 25.6 Å². The zero-order valence-electron chi connectivity index (χ0n) is 19.8. The van der Waals surface area contributed by atoms with Gasteiger partial charge in [0, 0.05) is 37.7 Å². The van der Waals surface area contributed by atoms with E-state index in [2.05, 4.69) is 34.4 Å². The van der Waals surface area contributed by atoms with Crippen LogP contribution in [-0.4, -0.2) is 45.6 Å². The molecule has 12 heteroatoms. The molecule has 0 spiro atoms. The molecule has 0 saturated heterocycles. The monoisotopic (exact) mass is 517 g/mol. The van der Waals surface area contributed by atoms with Crippen LogP contribution in [-0.2, 0) is 22.9 Å². The molecule has 0 fully saturated rings. The van der Waals surface area contributed by atoms with Gasteiger partial charge in [-0.15, -0.1) is 12.4 Å². The maximum Gasteiger partial charge on any atom is 0.269 e. The number of anilines is 5. The summed E-state index contributed by atoms with van der Waals surface area (Å²) >= 11 is 0. The van der Waals surface area contributed by atoms with Gasteiger partial charge in [-0.1, -0.05) is 12.1 Å². The number of imidazole rings is 1. The van der Waals surface area contributed by atoms with Crippen molar-refractivity contribution in [2.75, 3.05) is 22.6 Å². The fourth-order valence-corrected chi connectivity index (χ4v) is 4.15. The summed E-state index contributed by atoms with van der Waals surface area (Å²) < 4.78 is 33.1. The van der Waals surface area contributed by atoms with Crippen LogP contribution < -0.4 is 15.5 Å². The topological polar surface area (TPSA) is 125 Å². The van der Waals surface area contributed by atoms with Gasteiger partial charge in [0.1, 0.15) is 11.6 Å². The van der Waals surface area contributed by atoms with Crippen LogP contribution in [0.1, 0.15) is 19.4 Å². The third kappa shape index (κ3) is 6.38. The van der Waals surface area contributed by atoms with Crippen molar-refractivity contribution in [3.8, 4) is 0 Å². The molecule has 0 atom stereocenters. The summed E-state index contributed by atoms with van der Waals surface area (Å²) in [6.07, 6.45) is 1.66. The molecule has 2 aromatic heterocycles. The van der Waals surface area contributed by atoms with Gasteiger partial charge in [0.25, 0.3) is 10.1 Å². The smallest absolute Gasteiger partial charge is 0.269 e. The Hall–Kier alpha value is -3.41. The van der Waals surface area contributed by atoms with E-state index in [4.69, 9.17) is 9.54 Å². The zero-order valence-corrected chi connectivity index (χ0v) is 21.4. The van der Waals surface area contributed by atoms with Crippen molar-refractivity contribution in [1.29, 1.82) is 0 Å². The largest absolute Gasteiger partial charge is 0.353 e. The van der Waals surface area contributed by atoms with Gasteiger partial charge in [-0.05, 0) is 55.8 Å². The lowest BCUT2D eigenvalue weighted by atomic mass is 10.2. The summed E-state index contributed by atoms with van der Waals surface area (Å²) in [5, 5.41) is 6.47. The molecule has 2 heterocycles. The molecule has 0 bridgehead atoms. The molecule has 0 amide bonds. The maximum atomic E-state index is 11.0. The first kappa shape index (κ1) is 26.2. The summed E-state index contributed by atoms with van der Waals surface area (Å²) in [7, 11) is -0.159. The van der Waals surface area contributed by atoms with Gasteiger partial charge in [0.05, 0.1) is 11.0 Å². The van der Waals surface area contributed by atoms with Crippen LogP contribution in [0.5, 0.6) is 0 Å². The molecule has 0 radical (unpaired) electrons. The van der Waals surface area contributed by atoms with Crippen molar-refractivity contribution in [3.05, 3.63) is 60.3 Å². The number of hydrogen-bond donors (Lipinski definition) is 3. The predicted molar refractivity (Wildman–Crippen MR) is 142 cm³/mol. The van der Waals surface area contributed by atoms with Crippen LogP contribution in [0.15, 0.2) is 54.7 Å². The van der Waals surface area contributed by atoms with Crippen molar-refractivity contribution in [1.82, 2.24) is 19.5 Å². The van der Waals surface area contributed by atoms with Crippen LogP contribution in [0, 0.1) is 0 Å². The molecule has 4 aromatic rings. The number of benzene rings is 2. The third-order valence-corrected chi connectivity index (χ3v) is 5.91. The summed E-state index contributed by atoms with van der Waals surface area (Å²) in [4.78, 5) is 15.5. The minimum Gasteiger partial charge on any atom is -0.353 e. The van der Waals surface area contributed by atoms with E-state index in [9.17, 15) is 8.42 Å². The number of nitrogens with zero attached hydrogens (tertiary/aromatic N) is 5. The van der Waals surface area contributed by atoms with Gasteiger partial charge in [-0.2, -0.15) is 13.4 Å². The van der Waals surface area contributed by atoms with Crippen molar-refractivity contribution < 1.29 is 13.0 Å². The third-order valence-electron chi connectivity index (χ3n) is 5.21. The van der Waals surface area contributed by atoms with Gasteiger partial charge in [0.2, 0.25) is 11.9 Å². The minimum atomic E-state index is -4.07. The lowest BCUT2D eigenvalue weighted by molar-refractivity contribution is 0.482. The normalized spacial score (nSPS) is 11.4. The molecule has 0 unspecified atom stereocenters. The average Bonchev–Trinajstić information content (AvgIpc) is 3.08. The van der Waals surface area contributed by atoms with Crippen molar-refractivity contribution in [2.24, 2.45) is 7.05 Å². The second-order valence-corrected chi connectivity index (χ2v) is 9.76. The van der Waals surface area contributed by atoms with Gasteiger partial charge in [-0.3, -0.25) is 4.55 Å². The first-order valence-electron chi connectivity index (χ1n) is 10.7. The Kier molecular flexibility index (Phi) is 7.83. The van der Waals surface area contributed by atoms with E-state index in [0.717, 1.165) is 22.7 Å². The lowest BCUT2D eigenvalue weighted by Gasteiger charge is -2.19. The number of aryl methyl sites for hydroxylation is 1. The average molecular weight is 518 g/mol. The van der Waals surface area contributed by atoms with Gasteiger partial charge in [-0.25, -0.2) is 9.97 Å². The SMILES string of the molecule is CC(C)Nc1nc2cc(N(C)c3ccnc(Nc4ccc(CS(=O)(=O)O)cc4)n3)ccc2n1C.Cl. The van der Waals surface area contributed by atoms with Gasteiger partial charge in [0.15, 0.2) is 0 Å². The molecule has 3 N–H and O–H groups in total. The molecule has 2 aromatic carbocycles. The number of nitrogens with one attached hydrogen (secondary N) is 2. The summed E-state index contributed by atoms with van der Waals surface area (Å²) in [5.41, 5.74) is 4.02. The Bertz CT molecular complexity index is 1420. The number of halogens is 1. The summed E-state index contributed by atoms with van der Waals surface area (Å²) in [5.74, 6) is 1.48. The highest BCUT2D eigenvalue weighted by Gasteiger charge is 2.13. The van der Waals surface area contributed by atoms with Crippen LogP contribution in [0.25, 0.3) is 11.0 Å². The minimum absolute atomic E-state index is 0. The molecule has 4 rings (SSSR count). The fourth-order valence-electron chi connectivity index (χ4n) is 3.54. The predicted octanol–water partition coefficient (Wildman–Crippen LogP) is 4.50. The molecule has 10 nitrogen and oxygen atoms in total. The zero-order chi connectivity index (χ0) is 24.5. The molecule has 0 saturated carbocycles. The Balaban J connectivity index is 0.00000342. The van der Waals surface area contributed by atoms with E-state index in [1.165, 1.54) is 0 Å². The van der Waals surface area contributed by atoms with E-state index >= 15 is 0 Å². The Morgan fingerprint density at radius 2 is 1.80 bits per heavy atom. The molecule has 0 aliphatic carbocycles. The van der Waals surface area contributed by atoms with E-state index in [1.807, 2.05) is 47.8 Å². The molecule has 35 heavy (non-hydrogen) atoms. The van der Waals surface area contributed by atoms with Crippen LogP contribution in [0.3, 0.4) is 0 Å².